The summed E-state index contributed by atoms with van der Waals surface area (Å²) in [4.78, 5) is 22.4. The Hall–Kier alpha value is -2.22. The summed E-state index contributed by atoms with van der Waals surface area (Å²) in [5.41, 5.74) is 0.759. The van der Waals surface area contributed by atoms with Crippen LogP contribution in [0.25, 0.3) is 0 Å². The SMILES string of the molecule is CC(C)c1cc(NC(=O)CSc2ccc(C(=O)O)o2)on1. The summed E-state index contributed by atoms with van der Waals surface area (Å²) in [6.07, 6.45) is 0. The highest BCUT2D eigenvalue weighted by atomic mass is 32.2. The number of hydrogen-bond donors (Lipinski definition) is 2. The predicted octanol–water partition coefficient (Wildman–Crippen LogP) is 2.82. The van der Waals surface area contributed by atoms with E-state index in [9.17, 15) is 9.59 Å². The fourth-order valence-corrected chi connectivity index (χ4v) is 2.10. The van der Waals surface area contributed by atoms with E-state index in [1.165, 1.54) is 12.1 Å². The fourth-order valence-electron chi connectivity index (χ4n) is 1.44. The van der Waals surface area contributed by atoms with E-state index < -0.39 is 5.97 Å². The first-order valence-electron chi connectivity index (χ1n) is 6.18. The number of furan rings is 1. The van der Waals surface area contributed by atoms with Gasteiger partial charge in [0.15, 0.2) is 5.09 Å². The summed E-state index contributed by atoms with van der Waals surface area (Å²) < 4.78 is 10.0. The number of aromatic nitrogens is 1. The Labute approximate surface area is 124 Å². The molecule has 112 valence electrons. The van der Waals surface area contributed by atoms with Gasteiger partial charge in [0, 0.05) is 6.07 Å². The third-order valence-corrected chi connectivity index (χ3v) is 3.43. The molecule has 2 aromatic rings. The molecule has 2 rings (SSSR count). The third kappa shape index (κ3) is 4.12. The van der Waals surface area contributed by atoms with Gasteiger partial charge in [-0.25, -0.2) is 4.79 Å². The first kappa shape index (κ1) is 15.2. The Morgan fingerprint density at radius 3 is 2.76 bits per heavy atom. The Morgan fingerprint density at radius 1 is 1.43 bits per heavy atom. The van der Waals surface area contributed by atoms with E-state index in [1.807, 2.05) is 13.8 Å². The number of carbonyl (C=O) groups excluding carboxylic acids is 1. The van der Waals surface area contributed by atoms with Crippen molar-refractivity contribution in [3.05, 3.63) is 29.7 Å². The molecule has 0 atom stereocenters. The summed E-state index contributed by atoms with van der Waals surface area (Å²) >= 11 is 1.10. The number of rotatable bonds is 6. The second kappa shape index (κ2) is 6.49. The quantitative estimate of drug-likeness (QED) is 0.790. The number of amides is 1. The summed E-state index contributed by atoms with van der Waals surface area (Å²) in [6.45, 7) is 3.94. The first-order valence-corrected chi connectivity index (χ1v) is 7.16. The smallest absolute Gasteiger partial charge is 0.371 e. The van der Waals surface area contributed by atoms with Gasteiger partial charge in [0.25, 0.3) is 0 Å². The number of carboxylic acid groups (broad SMARTS) is 1. The average Bonchev–Trinajstić information content (AvgIpc) is 3.05. The van der Waals surface area contributed by atoms with Crippen molar-refractivity contribution < 1.29 is 23.6 Å². The fraction of sp³-hybridized carbons (Fsp3) is 0.308. The van der Waals surface area contributed by atoms with Gasteiger partial charge < -0.3 is 14.0 Å². The van der Waals surface area contributed by atoms with Crippen LogP contribution in [0.1, 0.15) is 36.0 Å². The van der Waals surface area contributed by atoms with Crippen molar-refractivity contribution in [1.82, 2.24) is 5.16 Å². The molecule has 2 heterocycles. The first-order chi connectivity index (χ1) is 9.95. The van der Waals surface area contributed by atoms with E-state index in [2.05, 4.69) is 10.5 Å². The molecule has 2 aromatic heterocycles. The van der Waals surface area contributed by atoms with Crippen LogP contribution in [0.5, 0.6) is 0 Å². The van der Waals surface area contributed by atoms with E-state index in [0.29, 0.717) is 5.09 Å². The molecule has 0 radical (unpaired) electrons. The van der Waals surface area contributed by atoms with Gasteiger partial charge in [-0.2, -0.15) is 0 Å². The van der Waals surface area contributed by atoms with Gasteiger partial charge in [-0.1, -0.05) is 30.8 Å². The number of anilines is 1. The highest BCUT2D eigenvalue weighted by Crippen LogP contribution is 2.22. The molecular weight excluding hydrogens is 296 g/mol. The van der Waals surface area contributed by atoms with Crippen molar-refractivity contribution in [3.63, 3.8) is 0 Å². The lowest BCUT2D eigenvalue weighted by Gasteiger charge is -1.99. The largest absolute Gasteiger partial charge is 0.475 e. The number of thioether (sulfide) groups is 1. The van der Waals surface area contributed by atoms with Crippen LogP contribution in [0.2, 0.25) is 0 Å². The molecule has 0 saturated carbocycles. The second-order valence-electron chi connectivity index (χ2n) is 4.53. The molecule has 8 heteroatoms. The Balaban J connectivity index is 1.85. The minimum absolute atomic E-state index is 0.0737. The predicted molar refractivity (Wildman–Crippen MR) is 75.6 cm³/mol. The van der Waals surface area contributed by atoms with Gasteiger partial charge in [0.1, 0.15) is 0 Å². The van der Waals surface area contributed by atoms with E-state index >= 15 is 0 Å². The van der Waals surface area contributed by atoms with Crippen molar-refractivity contribution >= 4 is 29.5 Å². The Morgan fingerprint density at radius 2 is 2.19 bits per heavy atom. The molecule has 7 nitrogen and oxygen atoms in total. The molecule has 0 aliphatic rings. The third-order valence-electron chi connectivity index (χ3n) is 2.52. The molecule has 0 spiro atoms. The second-order valence-corrected chi connectivity index (χ2v) is 5.51. The lowest BCUT2D eigenvalue weighted by Crippen LogP contribution is -2.13. The number of carbonyl (C=O) groups is 2. The highest BCUT2D eigenvalue weighted by Gasteiger charge is 2.13. The Kier molecular flexibility index (Phi) is 4.69. The van der Waals surface area contributed by atoms with E-state index in [4.69, 9.17) is 14.0 Å². The van der Waals surface area contributed by atoms with Gasteiger partial charge in [-0.3, -0.25) is 10.1 Å². The van der Waals surface area contributed by atoms with Gasteiger partial charge in [0.2, 0.25) is 17.6 Å². The maximum absolute atomic E-state index is 11.7. The summed E-state index contributed by atoms with van der Waals surface area (Å²) in [7, 11) is 0. The molecule has 0 unspecified atom stereocenters. The monoisotopic (exact) mass is 310 g/mol. The molecule has 0 saturated heterocycles. The van der Waals surface area contributed by atoms with Crippen LogP contribution < -0.4 is 5.32 Å². The lowest BCUT2D eigenvalue weighted by molar-refractivity contribution is -0.113. The van der Waals surface area contributed by atoms with Crippen molar-refractivity contribution in [3.8, 4) is 0 Å². The molecule has 0 bridgehead atoms. The zero-order valence-electron chi connectivity index (χ0n) is 11.5. The van der Waals surface area contributed by atoms with E-state index in [0.717, 1.165) is 17.5 Å². The van der Waals surface area contributed by atoms with Crippen molar-refractivity contribution in [1.29, 1.82) is 0 Å². The van der Waals surface area contributed by atoms with Crippen LogP contribution in [0.4, 0.5) is 5.88 Å². The number of nitrogens with zero attached hydrogens (tertiary/aromatic N) is 1. The molecule has 0 aromatic carbocycles. The van der Waals surface area contributed by atoms with Crippen molar-refractivity contribution in [2.24, 2.45) is 0 Å². The Bertz CT molecular complexity index is 647. The van der Waals surface area contributed by atoms with Crippen LogP contribution >= 0.6 is 11.8 Å². The number of carboxylic acids is 1. The summed E-state index contributed by atoms with van der Waals surface area (Å²) in [5.74, 6) is -1.02. The standard InChI is InChI=1S/C13H14N2O5S/c1-7(2)8-5-11(20-15-8)14-10(16)6-21-12-4-3-9(19-12)13(17)18/h3-5,7H,6H2,1-2H3,(H,14,16)(H,17,18). The van der Waals surface area contributed by atoms with Crippen LogP contribution in [-0.4, -0.2) is 27.9 Å². The zero-order valence-corrected chi connectivity index (χ0v) is 12.3. The summed E-state index contributed by atoms with van der Waals surface area (Å²) in [6, 6.07) is 4.52. The van der Waals surface area contributed by atoms with Gasteiger partial charge in [-0.05, 0) is 18.1 Å². The summed E-state index contributed by atoms with van der Waals surface area (Å²) in [5, 5.41) is 15.5. The number of hydrogen-bond acceptors (Lipinski definition) is 6. The molecule has 21 heavy (non-hydrogen) atoms. The zero-order chi connectivity index (χ0) is 15.4. The van der Waals surface area contributed by atoms with Crippen LogP contribution in [-0.2, 0) is 4.79 Å². The van der Waals surface area contributed by atoms with Crippen LogP contribution in [0.15, 0.2) is 32.2 Å². The van der Waals surface area contributed by atoms with Crippen LogP contribution in [0, 0.1) is 0 Å². The highest BCUT2D eigenvalue weighted by molar-refractivity contribution is 7.99. The molecule has 2 N–H and O–H groups in total. The normalized spacial score (nSPS) is 10.8. The average molecular weight is 310 g/mol. The molecule has 0 fully saturated rings. The van der Waals surface area contributed by atoms with E-state index in [1.54, 1.807) is 6.07 Å². The number of nitrogens with one attached hydrogen (secondary N) is 1. The molecule has 1 amide bonds. The van der Waals surface area contributed by atoms with Gasteiger partial charge in [-0.15, -0.1) is 0 Å². The van der Waals surface area contributed by atoms with Gasteiger partial charge >= 0.3 is 5.97 Å². The van der Waals surface area contributed by atoms with Crippen molar-refractivity contribution in [2.75, 3.05) is 11.1 Å². The minimum Gasteiger partial charge on any atom is -0.475 e. The maximum Gasteiger partial charge on any atom is 0.371 e. The van der Waals surface area contributed by atoms with Crippen molar-refractivity contribution in [2.45, 2.75) is 24.9 Å². The lowest BCUT2D eigenvalue weighted by atomic mass is 10.1. The molecule has 0 aliphatic carbocycles. The van der Waals surface area contributed by atoms with E-state index in [-0.39, 0.29) is 29.2 Å². The topological polar surface area (TPSA) is 106 Å². The van der Waals surface area contributed by atoms with Crippen LogP contribution in [0.3, 0.4) is 0 Å². The number of aromatic carboxylic acids is 1. The maximum atomic E-state index is 11.7. The molecular formula is C13H14N2O5S. The minimum atomic E-state index is -1.14. The van der Waals surface area contributed by atoms with Gasteiger partial charge in [0.05, 0.1) is 11.4 Å². The molecule has 0 aliphatic heterocycles.